The molecule has 0 spiro atoms. The number of aromatic nitrogens is 2. The van der Waals surface area contributed by atoms with Crippen LogP contribution in [0.15, 0.2) is 54.6 Å². The summed E-state index contributed by atoms with van der Waals surface area (Å²) in [5, 5.41) is 7.46. The molecule has 6 heteroatoms. The van der Waals surface area contributed by atoms with Crippen LogP contribution >= 0.6 is 0 Å². The van der Waals surface area contributed by atoms with Crippen LogP contribution in [0.5, 0.6) is 0 Å². The molecule has 1 aliphatic heterocycles. The Kier molecular flexibility index (Phi) is 5.16. The maximum absolute atomic E-state index is 12.6. The number of carbonyl (C=O) groups is 2. The van der Waals surface area contributed by atoms with E-state index in [1.165, 1.54) is 5.56 Å². The van der Waals surface area contributed by atoms with Crippen LogP contribution in [0, 0.1) is 13.8 Å². The van der Waals surface area contributed by atoms with Gasteiger partial charge in [-0.1, -0.05) is 29.8 Å². The molecule has 2 heterocycles. The summed E-state index contributed by atoms with van der Waals surface area (Å²) in [6.45, 7) is 4.70. The van der Waals surface area contributed by atoms with Gasteiger partial charge in [-0.25, -0.2) is 4.68 Å². The number of anilines is 2. The van der Waals surface area contributed by atoms with Crippen molar-refractivity contribution in [3.05, 3.63) is 71.4 Å². The zero-order chi connectivity index (χ0) is 20.4. The van der Waals surface area contributed by atoms with Gasteiger partial charge in [0.05, 0.1) is 17.8 Å². The SMILES string of the molecule is Cc1ccc(-n2nc(C)cc2NC(=O)Cc2ccc(N3CCCC3=O)cc2)cc1. The number of rotatable bonds is 5. The highest BCUT2D eigenvalue weighted by Gasteiger charge is 2.21. The standard InChI is InChI=1S/C23H24N4O2/c1-16-5-9-20(10-6-16)27-21(14-17(2)25-27)24-22(28)15-18-7-11-19(12-8-18)26-13-3-4-23(26)29/h5-12,14H,3-4,13,15H2,1-2H3,(H,24,28). The minimum atomic E-state index is -0.108. The number of benzene rings is 2. The average Bonchev–Trinajstić information content (AvgIpc) is 3.28. The van der Waals surface area contributed by atoms with Crippen LogP contribution in [-0.2, 0) is 16.0 Å². The van der Waals surface area contributed by atoms with Crippen molar-refractivity contribution in [2.24, 2.45) is 0 Å². The van der Waals surface area contributed by atoms with E-state index < -0.39 is 0 Å². The molecule has 1 aromatic heterocycles. The number of amides is 2. The maximum atomic E-state index is 12.6. The Bertz CT molecular complexity index is 1040. The van der Waals surface area contributed by atoms with Crippen molar-refractivity contribution in [3.8, 4) is 5.69 Å². The number of nitrogens with one attached hydrogen (secondary N) is 1. The monoisotopic (exact) mass is 388 g/mol. The molecule has 3 aromatic rings. The molecule has 29 heavy (non-hydrogen) atoms. The van der Waals surface area contributed by atoms with E-state index in [9.17, 15) is 9.59 Å². The largest absolute Gasteiger partial charge is 0.312 e. The Morgan fingerprint density at radius 1 is 1.03 bits per heavy atom. The molecule has 4 rings (SSSR count). The fraction of sp³-hybridized carbons (Fsp3) is 0.261. The van der Waals surface area contributed by atoms with Crippen LogP contribution in [0.3, 0.4) is 0 Å². The molecule has 6 nitrogen and oxygen atoms in total. The van der Waals surface area contributed by atoms with Crippen molar-refractivity contribution in [1.82, 2.24) is 9.78 Å². The molecule has 1 N–H and O–H groups in total. The van der Waals surface area contributed by atoms with E-state index in [0.717, 1.165) is 35.6 Å². The van der Waals surface area contributed by atoms with Gasteiger partial charge in [-0.2, -0.15) is 5.10 Å². The first-order valence-electron chi connectivity index (χ1n) is 9.82. The van der Waals surface area contributed by atoms with Gasteiger partial charge >= 0.3 is 0 Å². The van der Waals surface area contributed by atoms with E-state index in [1.807, 2.05) is 68.4 Å². The molecule has 2 aromatic carbocycles. The van der Waals surface area contributed by atoms with Crippen LogP contribution in [0.1, 0.15) is 29.7 Å². The highest BCUT2D eigenvalue weighted by atomic mass is 16.2. The highest BCUT2D eigenvalue weighted by molar-refractivity contribution is 5.95. The van der Waals surface area contributed by atoms with Gasteiger partial charge in [0.1, 0.15) is 5.82 Å². The zero-order valence-corrected chi connectivity index (χ0v) is 16.7. The molecule has 0 radical (unpaired) electrons. The molecule has 1 saturated heterocycles. The Hall–Kier alpha value is -3.41. The lowest BCUT2D eigenvalue weighted by atomic mass is 10.1. The minimum Gasteiger partial charge on any atom is -0.312 e. The zero-order valence-electron chi connectivity index (χ0n) is 16.7. The second kappa shape index (κ2) is 7.91. The molecule has 148 valence electrons. The van der Waals surface area contributed by atoms with Gasteiger partial charge in [-0.15, -0.1) is 0 Å². The molecular weight excluding hydrogens is 364 g/mol. The summed E-state index contributed by atoms with van der Waals surface area (Å²) in [5.74, 6) is 0.703. The summed E-state index contributed by atoms with van der Waals surface area (Å²) in [5.41, 5.74) is 4.70. The number of carbonyl (C=O) groups excluding carboxylic acids is 2. The van der Waals surface area contributed by atoms with E-state index in [-0.39, 0.29) is 18.2 Å². The lowest BCUT2D eigenvalue weighted by molar-refractivity contribution is -0.117. The summed E-state index contributed by atoms with van der Waals surface area (Å²) < 4.78 is 1.74. The van der Waals surface area contributed by atoms with Gasteiger partial charge in [0.2, 0.25) is 11.8 Å². The van der Waals surface area contributed by atoms with Crippen LogP contribution < -0.4 is 10.2 Å². The lowest BCUT2D eigenvalue weighted by Crippen LogP contribution is -2.23. The summed E-state index contributed by atoms with van der Waals surface area (Å²) in [6.07, 6.45) is 1.77. The first-order valence-corrected chi connectivity index (χ1v) is 9.82. The van der Waals surface area contributed by atoms with Crippen LogP contribution in [0.2, 0.25) is 0 Å². The van der Waals surface area contributed by atoms with Gasteiger partial charge in [-0.05, 0) is 50.1 Å². The van der Waals surface area contributed by atoms with E-state index >= 15 is 0 Å². The highest BCUT2D eigenvalue weighted by Crippen LogP contribution is 2.22. The molecule has 2 amide bonds. The van der Waals surface area contributed by atoms with Crippen LogP contribution in [-0.4, -0.2) is 28.1 Å². The van der Waals surface area contributed by atoms with Gasteiger partial charge in [0, 0.05) is 24.7 Å². The van der Waals surface area contributed by atoms with Crippen LogP contribution in [0.4, 0.5) is 11.5 Å². The van der Waals surface area contributed by atoms with Crippen molar-refractivity contribution in [2.75, 3.05) is 16.8 Å². The minimum absolute atomic E-state index is 0.108. The third-order valence-corrected chi connectivity index (χ3v) is 5.06. The lowest BCUT2D eigenvalue weighted by Gasteiger charge is -2.16. The fourth-order valence-electron chi connectivity index (χ4n) is 3.56. The quantitative estimate of drug-likeness (QED) is 0.723. The third kappa shape index (κ3) is 4.21. The summed E-state index contributed by atoms with van der Waals surface area (Å²) in [6, 6.07) is 17.5. The molecule has 0 bridgehead atoms. The molecule has 0 aliphatic carbocycles. The van der Waals surface area contributed by atoms with Crippen molar-refractivity contribution in [1.29, 1.82) is 0 Å². The third-order valence-electron chi connectivity index (χ3n) is 5.06. The van der Waals surface area contributed by atoms with Gasteiger partial charge < -0.3 is 10.2 Å². The number of nitrogens with zero attached hydrogens (tertiary/aromatic N) is 3. The van der Waals surface area contributed by atoms with Crippen molar-refractivity contribution in [2.45, 2.75) is 33.1 Å². The van der Waals surface area contributed by atoms with Crippen molar-refractivity contribution < 1.29 is 9.59 Å². The Morgan fingerprint density at radius 2 is 1.72 bits per heavy atom. The van der Waals surface area contributed by atoms with E-state index in [0.29, 0.717) is 12.2 Å². The summed E-state index contributed by atoms with van der Waals surface area (Å²) in [7, 11) is 0. The number of hydrogen-bond donors (Lipinski definition) is 1. The van der Waals surface area contributed by atoms with Crippen LogP contribution in [0.25, 0.3) is 5.69 Å². The first kappa shape index (κ1) is 18.9. The molecule has 0 saturated carbocycles. The average molecular weight is 388 g/mol. The second-order valence-corrected chi connectivity index (χ2v) is 7.46. The predicted octanol–water partition coefficient (Wildman–Crippen LogP) is 3.80. The van der Waals surface area contributed by atoms with E-state index in [4.69, 9.17) is 0 Å². The van der Waals surface area contributed by atoms with Crippen molar-refractivity contribution in [3.63, 3.8) is 0 Å². The van der Waals surface area contributed by atoms with E-state index in [2.05, 4.69) is 10.4 Å². The summed E-state index contributed by atoms with van der Waals surface area (Å²) in [4.78, 5) is 26.3. The number of hydrogen-bond acceptors (Lipinski definition) is 3. The smallest absolute Gasteiger partial charge is 0.229 e. The molecule has 0 atom stereocenters. The molecule has 0 unspecified atom stereocenters. The van der Waals surface area contributed by atoms with Gasteiger partial charge in [-0.3, -0.25) is 9.59 Å². The molecule has 1 aliphatic rings. The van der Waals surface area contributed by atoms with Gasteiger partial charge in [0.25, 0.3) is 0 Å². The Labute approximate surface area is 170 Å². The van der Waals surface area contributed by atoms with Gasteiger partial charge in [0.15, 0.2) is 0 Å². The van der Waals surface area contributed by atoms with E-state index in [1.54, 1.807) is 9.58 Å². The molecular formula is C23H24N4O2. The normalized spacial score (nSPS) is 13.7. The first-order chi connectivity index (χ1) is 14.0. The topological polar surface area (TPSA) is 67.2 Å². The van der Waals surface area contributed by atoms with Crippen molar-refractivity contribution >= 4 is 23.3 Å². The fourth-order valence-corrected chi connectivity index (χ4v) is 3.56. The molecule has 1 fully saturated rings. The predicted molar refractivity (Wildman–Crippen MR) is 113 cm³/mol. The maximum Gasteiger partial charge on any atom is 0.229 e. The Balaban J connectivity index is 1.45. The number of aryl methyl sites for hydroxylation is 2. The second-order valence-electron chi connectivity index (χ2n) is 7.46. The Morgan fingerprint density at radius 3 is 2.38 bits per heavy atom. The summed E-state index contributed by atoms with van der Waals surface area (Å²) >= 11 is 0.